The number of esters is 1. The van der Waals surface area contributed by atoms with Crippen LogP contribution in [-0.2, 0) is 11.3 Å². The molecule has 0 radical (unpaired) electrons. The van der Waals surface area contributed by atoms with E-state index in [1.807, 2.05) is 6.92 Å². The molecule has 0 amide bonds. The third-order valence-corrected chi connectivity index (χ3v) is 1.93. The zero-order chi connectivity index (χ0) is 10.6. The molecule has 0 saturated heterocycles. The fourth-order valence-electron chi connectivity index (χ4n) is 1.19. The van der Waals surface area contributed by atoms with Gasteiger partial charge in [-0.15, -0.1) is 12.3 Å². The number of imidazole rings is 1. The Morgan fingerprint density at radius 3 is 3.07 bits per heavy atom. The van der Waals surface area contributed by atoms with Crippen molar-refractivity contribution in [2.45, 2.75) is 19.9 Å². The van der Waals surface area contributed by atoms with Crippen molar-refractivity contribution in [2.24, 2.45) is 0 Å². The SMILES string of the molecule is C#CCCn1c(C(=O)OC)cnc1C. The lowest BCUT2D eigenvalue weighted by Gasteiger charge is -2.06. The molecule has 0 atom stereocenters. The average molecular weight is 192 g/mol. The number of methoxy groups -OCH3 is 1. The average Bonchev–Trinajstić information content (AvgIpc) is 2.56. The number of nitrogens with zero attached hydrogens (tertiary/aromatic N) is 2. The highest BCUT2D eigenvalue weighted by Crippen LogP contribution is 2.06. The number of ether oxygens (including phenoxy) is 1. The number of carbonyl (C=O) groups is 1. The molecule has 0 aliphatic carbocycles. The highest BCUT2D eigenvalue weighted by molar-refractivity contribution is 5.87. The lowest BCUT2D eigenvalue weighted by atomic mass is 10.4. The summed E-state index contributed by atoms with van der Waals surface area (Å²) in [6.07, 6.45) is 7.22. The van der Waals surface area contributed by atoms with Crippen LogP contribution >= 0.6 is 0 Å². The zero-order valence-corrected chi connectivity index (χ0v) is 8.28. The predicted octanol–water partition coefficient (Wildman–Crippen LogP) is 1.00. The van der Waals surface area contributed by atoms with Crippen LogP contribution in [0.5, 0.6) is 0 Å². The molecule has 1 rings (SSSR count). The smallest absolute Gasteiger partial charge is 0.356 e. The van der Waals surface area contributed by atoms with E-state index in [0.29, 0.717) is 18.7 Å². The van der Waals surface area contributed by atoms with Gasteiger partial charge in [-0.25, -0.2) is 9.78 Å². The van der Waals surface area contributed by atoms with E-state index in [1.165, 1.54) is 13.3 Å². The van der Waals surface area contributed by atoms with Gasteiger partial charge in [0.25, 0.3) is 0 Å². The quantitative estimate of drug-likeness (QED) is 0.530. The van der Waals surface area contributed by atoms with Crippen molar-refractivity contribution in [2.75, 3.05) is 7.11 Å². The molecule has 1 heterocycles. The molecule has 0 saturated carbocycles. The number of rotatable bonds is 3. The summed E-state index contributed by atoms with van der Waals surface area (Å²) >= 11 is 0. The van der Waals surface area contributed by atoms with E-state index in [9.17, 15) is 4.79 Å². The Morgan fingerprint density at radius 1 is 1.79 bits per heavy atom. The highest BCUT2D eigenvalue weighted by atomic mass is 16.5. The van der Waals surface area contributed by atoms with E-state index in [-0.39, 0.29) is 5.97 Å². The maximum Gasteiger partial charge on any atom is 0.356 e. The monoisotopic (exact) mass is 192 g/mol. The summed E-state index contributed by atoms with van der Waals surface area (Å²) in [6, 6.07) is 0. The number of hydrogen-bond donors (Lipinski definition) is 0. The van der Waals surface area contributed by atoms with E-state index in [2.05, 4.69) is 15.6 Å². The fourth-order valence-corrected chi connectivity index (χ4v) is 1.19. The Balaban J connectivity index is 2.95. The first-order chi connectivity index (χ1) is 6.70. The van der Waals surface area contributed by atoms with Gasteiger partial charge in [-0.1, -0.05) is 0 Å². The number of aryl methyl sites for hydroxylation is 1. The molecule has 1 aromatic heterocycles. The van der Waals surface area contributed by atoms with Crippen molar-refractivity contribution in [1.29, 1.82) is 0 Å². The molecule has 1 aromatic rings. The van der Waals surface area contributed by atoms with Crippen molar-refractivity contribution in [3.63, 3.8) is 0 Å². The molecule has 0 aromatic carbocycles. The molecule has 0 fully saturated rings. The van der Waals surface area contributed by atoms with Crippen molar-refractivity contribution in [3.05, 3.63) is 17.7 Å². The lowest BCUT2D eigenvalue weighted by Crippen LogP contribution is -2.11. The molecular weight excluding hydrogens is 180 g/mol. The van der Waals surface area contributed by atoms with E-state index >= 15 is 0 Å². The van der Waals surface area contributed by atoms with Crippen LogP contribution in [0.25, 0.3) is 0 Å². The van der Waals surface area contributed by atoms with Crippen LogP contribution in [0.15, 0.2) is 6.20 Å². The number of hydrogen-bond acceptors (Lipinski definition) is 3. The first-order valence-corrected chi connectivity index (χ1v) is 4.24. The third-order valence-electron chi connectivity index (χ3n) is 1.93. The predicted molar refractivity (Wildman–Crippen MR) is 51.8 cm³/mol. The first-order valence-electron chi connectivity index (χ1n) is 4.24. The second-order valence-corrected chi connectivity index (χ2v) is 2.79. The van der Waals surface area contributed by atoms with Gasteiger partial charge in [0.1, 0.15) is 11.5 Å². The summed E-state index contributed by atoms with van der Waals surface area (Å²) in [4.78, 5) is 15.3. The van der Waals surface area contributed by atoms with Crippen LogP contribution in [0, 0.1) is 19.3 Å². The van der Waals surface area contributed by atoms with Crippen molar-refractivity contribution in [3.8, 4) is 12.3 Å². The number of carbonyl (C=O) groups excluding carboxylic acids is 1. The van der Waals surface area contributed by atoms with E-state index < -0.39 is 0 Å². The van der Waals surface area contributed by atoms with Gasteiger partial charge in [0.2, 0.25) is 0 Å². The van der Waals surface area contributed by atoms with Crippen molar-refractivity contribution >= 4 is 5.97 Å². The summed E-state index contributed by atoms with van der Waals surface area (Å²) in [5, 5.41) is 0. The van der Waals surface area contributed by atoms with Crippen LogP contribution in [0.1, 0.15) is 22.7 Å². The summed E-state index contributed by atoms with van der Waals surface area (Å²) in [5.74, 6) is 2.89. The van der Waals surface area contributed by atoms with Gasteiger partial charge in [0.15, 0.2) is 0 Å². The van der Waals surface area contributed by atoms with E-state index in [1.54, 1.807) is 4.57 Å². The van der Waals surface area contributed by atoms with Gasteiger partial charge < -0.3 is 9.30 Å². The minimum Gasteiger partial charge on any atom is -0.464 e. The van der Waals surface area contributed by atoms with Crippen LogP contribution < -0.4 is 0 Å². The second kappa shape index (κ2) is 4.47. The molecule has 0 aliphatic heterocycles. The summed E-state index contributed by atoms with van der Waals surface area (Å²) in [5.41, 5.74) is 0.445. The summed E-state index contributed by atoms with van der Waals surface area (Å²) in [7, 11) is 1.34. The minimum atomic E-state index is -0.386. The van der Waals surface area contributed by atoms with E-state index in [4.69, 9.17) is 6.42 Å². The lowest BCUT2D eigenvalue weighted by molar-refractivity contribution is 0.0588. The summed E-state index contributed by atoms with van der Waals surface area (Å²) < 4.78 is 6.37. The fraction of sp³-hybridized carbons (Fsp3) is 0.400. The maximum atomic E-state index is 11.3. The maximum absolute atomic E-state index is 11.3. The van der Waals surface area contributed by atoms with Gasteiger partial charge in [-0.05, 0) is 6.92 Å². The van der Waals surface area contributed by atoms with Crippen LogP contribution in [0.4, 0.5) is 0 Å². The molecule has 0 spiro atoms. The standard InChI is InChI=1S/C10H12N2O2/c1-4-5-6-12-8(2)11-7-9(12)10(13)14-3/h1,7H,5-6H2,2-3H3. The molecule has 74 valence electrons. The van der Waals surface area contributed by atoms with Crippen molar-refractivity contribution in [1.82, 2.24) is 9.55 Å². The van der Waals surface area contributed by atoms with Crippen LogP contribution in [0.2, 0.25) is 0 Å². The normalized spacial score (nSPS) is 9.50. The first kappa shape index (κ1) is 10.3. The Bertz CT molecular complexity index is 374. The molecule has 0 aliphatic rings. The Hall–Kier alpha value is -1.76. The molecule has 0 N–H and O–H groups in total. The largest absolute Gasteiger partial charge is 0.464 e. The van der Waals surface area contributed by atoms with Gasteiger partial charge in [-0.3, -0.25) is 0 Å². The van der Waals surface area contributed by atoms with Crippen molar-refractivity contribution < 1.29 is 9.53 Å². The summed E-state index contributed by atoms with van der Waals surface area (Å²) in [6.45, 7) is 2.41. The van der Waals surface area contributed by atoms with Crippen LogP contribution in [-0.4, -0.2) is 22.6 Å². The molecule has 4 heteroatoms. The highest BCUT2D eigenvalue weighted by Gasteiger charge is 2.13. The van der Waals surface area contributed by atoms with Crippen LogP contribution in [0.3, 0.4) is 0 Å². The molecular formula is C10H12N2O2. The van der Waals surface area contributed by atoms with Gasteiger partial charge in [0, 0.05) is 13.0 Å². The second-order valence-electron chi connectivity index (χ2n) is 2.79. The Labute approximate surface area is 82.9 Å². The Morgan fingerprint density at radius 2 is 2.50 bits per heavy atom. The third kappa shape index (κ3) is 1.94. The van der Waals surface area contributed by atoms with Gasteiger partial charge >= 0.3 is 5.97 Å². The minimum absolute atomic E-state index is 0.386. The van der Waals surface area contributed by atoms with Gasteiger partial charge in [-0.2, -0.15) is 0 Å². The van der Waals surface area contributed by atoms with E-state index in [0.717, 1.165) is 5.82 Å². The number of terminal acetylenes is 1. The topological polar surface area (TPSA) is 44.1 Å². The van der Waals surface area contributed by atoms with Gasteiger partial charge in [0.05, 0.1) is 13.3 Å². The molecule has 0 unspecified atom stereocenters. The zero-order valence-electron chi connectivity index (χ0n) is 8.28. The molecule has 14 heavy (non-hydrogen) atoms. The Kier molecular flexibility index (Phi) is 3.29. The number of aromatic nitrogens is 2. The molecule has 0 bridgehead atoms. The molecule has 4 nitrogen and oxygen atoms in total.